The number of nitrogen functional groups attached to an aromatic ring is 1. The average molecular weight is 323 g/mol. The van der Waals surface area contributed by atoms with Crippen molar-refractivity contribution in [1.29, 1.82) is 0 Å². The van der Waals surface area contributed by atoms with Gasteiger partial charge in [-0.3, -0.25) is 4.79 Å². The molecule has 2 rings (SSSR count). The topological polar surface area (TPSA) is 46.3 Å². The van der Waals surface area contributed by atoms with E-state index in [4.69, 9.17) is 17.3 Å². The highest BCUT2D eigenvalue weighted by atomic mass is 35.5. The van der Waals surface area contributed by atoms with Crippen LogP contribution in [-0.4, -0.2) is 23.9 Å². The molecule has 2 aromatic rings. The minimum Gasteiger partial charge on any atom is -0.390 e. The molecule has 0 atom stereocenters. The molecule has 0 unspecified atom stereocenters. The number of hydrogen-bond acceptors (Lipinski definition) is 3. The minimum atomic E-state index is -0.00759. The molecule has 0 aliphatic carbocycles. The summed E-state index contributed by atoms with van der Waals surface area (Å²) < 4.78 is 0. The SMILES string of the molecule is CCN(CC)C(=O)c1c(N)sc(C)c1-c1ccc(Cl)cc1. The molecule has 21 heavy (non-hydrogen) atoms. The molecule has 112 valence electrons. The van der Waals surface area contributed by atoms with Gasteiger partial charge in [-0.25, -0.2) is 0 Å². The highest BCUT2D eigenvalue weighted by molar-refractivity contribution is 7.16. The van der Waals surface area contributed by atoms with Crippen LogP contribution in [0.1, 0.15) is 29.1 Å². The van der Waals surface area contributed by atoms with Gasteiger partial charge in [-0.15, -0.1) is 11.3 Å². The number of nitrogens with zero attached hydrogens (tertiary/aromatic N) is 1. The molecule has 2 N–H and O–H groups in total. The van der Waals surface area contributed by atoms with Crippen molar-refractivity contribution in [2.45, 2.75) is 20.8 Å². The monoisotopic (exact) mass is 322 g/mol. The summed E-state index contributed by atoms with van der Waals surface area (Å²) in [4.78, 5) is 15.6. The lowest BCUT2D eigenvalue weighted by atomic mass is 10.0. The van der Waals surface area contributed by atoms with E-state index >= 15 is 0 Å². The highest BCUT2D eigenvalue weighted by Gasteiger charge is 2.24. The summed E-state index contributed by atoms with van der Waals surface area (Å²) in [5, 5.41) is 1.26. The van der Waals surface area contributed by atoms with E-state index in [0.717, 1.165) is 16.0 Å². The first-order valence-electron chi connectivity index (χ1n) is 6.93. The summed E-state index contributed by atoms with van der Waals surface area (Å²) in [7, 11) is 0. The zero-order valence-corrected chi connectivity index (χ0v) is 14.0. The molecule has 1 aromatic heterocycles. The molecule has 1 aromatic carbocycles. The number of halogens is 1. The van der Waals surface area contributed by atoms with Gasteiger partial charge in [0.2, 0.25) is 0 Å². The van der Waals surface area contributed by atoms with E-state index in [9.17, 15) is 4.79 Å². The number of nitrogens with two attached hydrogens (primary N) is 1. The third-order valence-corrected chi connectivity index (χ3v) is 4.70. The largest absolute Gasteiger partial charge is 0.390 e. The molecule has 0 radical (unpaired) electrons. The normalized spacial score (nSPS) is 10.7. The average Bonchev–Trinajstić information content (AvgIpc) is 2.75. The van der Waals surface area contributed by atoms with Crippen LogP contribution >= 0.6 is 22.9 Å². The Morgan fingerprint density at radius 3 is 2.33 bits per heavy atom. The van der Waals surface area contributed by atoms with Crippen LogP contribution < -0.4 is 5.73 Å². The molecule has 1 heterocycles. The zero-order chi connectivity index (χ0) is 15.6. The maximum Gasteiger partial charge on any atom is 0.257 e. The number of rotatable bonds is 4. The van der Waals surface area contributed by atoms with E-state index < -0.39 is 0 Å². The van der Waals surface area contributed by atoms with Crippen LogP contribution in [0.15, 0.2) is 24.3 Å². The third kappa shape index (κ3) is 3.06. The molecule has 5 heteroatoms. The lowest BCUT2D eigenvalue weighted by Crippen LogP contribution is -2.31. The molecule has 3 nitrogen and oxygen atoms in total. The number of carbonyl (C=O) groups is 1. The van der Waals surface area contributed by atoms with E-state index in [2.05, 4.69) is 0 Å². The maximum atomic E-state index is 12.7. The van der Waals surface area contributed by atoms with Gasteiger partial charge in [-0.2, -0.15) is 0 Å². The number of benzene rings is 1. The molecule has 0 aliphatic heterocycles. The molecule has 1 amide bonds. The van der Waals surface area contributed by atoms with Crippen LogP contribution in [0.25, 0.3) is 11.1 Å². The van der Waals surface area contributed by atoms with Gasteiger partial charge in [-0.1, -0.05) is 23.7 Å². The van der Waals surface area contributed by atoms with Gasteiger partial charge in [0.15, 0.2) is 0 Å². The molecule has 0 saturated carbocycles. The van der Waals surface area contributed by atoms with Crippen LogP contribution in [0.5, 0.6) is 0 Å². The standard InChI is InChI=1S/C16H19ClN2OS/c1-4-19(5-2)16(20)14-13(10(3)21-15(14)18)11-6-8-12(17)9-7-11/h6-9H,4-5,18H2,1-3H3. The van der Waals surface area contributed by atoms with Gasteiger partial charge in [-0.05, 0) is 38.5 Å². The summed E-state index contributed by atoms with van der Waals surface area (Å²) in [5.74, 6) is -0.00759. The fourth-order valence-electron chi connectivity index (χ4n) is 2.41. The van der Waals surface area contributed by atoms with Crippen molar-refractivity contribution >= 4 is 33.8 Å². The first-order valence-corrected chi connectivity index (χ1v) is 8.13. The van der Waals surface area contributed by atoms with Gasteiger partial charge in [0.1, 0.15) is 0 Å². The van der Waals surface area contributed by atoms with Gasteiger partial charge in [0.05, 0.1) is 10.6 Å². The van der Waals surface area contributed by atoms with E-state index in [0.29, 0.717) is 28.7 Å². The van der Waals surface area contributed by atoms with Gasteiger partial charge >= 0.3 is 0 Å². The second-order valence-electron chi connectivity index (χ2n) is 4.76. The smallest absolute Gasteiger partial charge is 0.257 e. The Kier molecular flexibility index (Phi) is 4.91. The Hall–Kier alpha value is -1.52. The summed E-state index contributed by atoms with van der Waals surface area (Å²) in [5.41, 5.74) is 8.61. The van der Waals surface area contributed by atoms with E-state index in [1.54, 1.807) is 4.90 Å². The molecule has 0 saturated heterocycles. The quantitative estimate of drug-likeness (QED) is 0.904. The lowest BCUT2D eigenvalue weighted by Gasteiger charge is -2.19. The van der Waals surface area contributed by atoms with Gasteiger partial charge < -0.3 is 10.6 Å². The summed E-state index contributed by atoms with van der Waals surface area (Å²) in [6.07, 6.45) is 0. The van der Waals surface area contributed by atoms with E-state index in [1.165, 1.54) is 11.3 Å². The molecular weight excluding hydrogens is 304 g/mol. The zero-order valence-electron chi connectivity index (χ0n) is 12.4. The van der Waals surface area contributed by atoms with Crippen molar-refractivity contribution in [3.8, 4) is 11.1 Å². The minimum absolute atomic E-state index is 0.00759. The Morgan fingerprint density at radius 1 is 1.24 bits per heavy atom. The number of thiophene rings is 1. The van der Waals surface area contributed by atoms with E-state index in [-0.39, 0.29) is 5.91 Å². The van der Waals surface area contributed by atoms with Crippen LogP contribution in [0.3, 0.4) is 0 Å². The highest BCUT2D eigenvalue weighted by Crippen LogP contribution is 2.39. The van der Waals surface area contributed by atoms with Crippen LogP contribution in [0.4, 0.5) is 5.00 Å². The second kappa shape index (κ2) is 6.50. The fourth-order valence-corrected chi connectivity index (χ4v) is 3.48. The summed E-state index contributed by atoms with van der Waals surface area (Å²) in [6.45, 7) is 7.27. The number of anilines is 1. The molecule has 0 fully saturated rings. The van der Waals surface area contributed by atoms with Crippen molar-refractivity contribution in [2.75, 3.05) is 18.8 Å². The predicted molar refractivity (Wildman–Crippen MR) is 91.2 cm³/mol. The fraction of sp³-hybridized carbons (Fsp3) is 0.312. The van der Waals surface area contributed by atoms with Crippen LogP contribution in [0, 0.1) is 6.92 Å². The number of carbonyl (C=O) groups excluding carboxylic acids is 1. The number of hydrogen-bond donors (Lipinski definition) is 1. The molecule has 0 aliphatic rings. The molecular formula is C16H19ClN2OS. The lowest BCUT2D eigenvalue weighted by molar-refractivity contribution is 0.0775. The summed E-state index contributed by atoms with van der Waals surface area (Å²) in [6, 6.07) is 7.51. The van der Waals surface area contributed by atoms with Crippen molar-refractivity contribution in [1.82, 2.24) is 4.90 Å². The number of amides is 1. The Morgan fingerprint density at radius 2 is 1.81 bits per heavy atom. The Bertz CT molecular complexity index is 645. The molecule has 0 bridgehead atoms. The van der Waals surface area contributed by atoms with Crippen molar-refractivity contribution in [3.63, 3.8) is 0 Å². The van der Waals surface area contributed by atoms with Crippen LogP contribution in [0.2, 0.25) is 5.02 Å². The second-order valence-corrected chi connectivity index (χ2v) is 6.45. The predicted octanol–water partition coefficient (Wildman–Crippen LogP) is 4.44. The van der Waals surface area contributed by atoms with Crippen molar-refractivity contribution < 1.29 is 4.79 Å². The summed E-state index contributed by atoms with van der Waals surface area (Å²) >= 11 is 7.40. The van der Waals surface area contributed by atoms with Crippen LogP contribution in [-0.2, 0) is 0 Å². The maximum absolute atomic E-state index is 12.7. The first-order chi connectivity index (χ1) is 9.99. The van der Waals surface area contributed by atoms with Crippen molar-refractivity contribution in [3.05, 3.63) is 39.7 Å². The van der Waals surface area contributed by atoms with Gasteiger partial charge in [0.25, 0.3) is 5.91 Å². The Labute approximate surface area is 134 Å². The first kappa shape index (κ1) is 15.9. The van der Waals surface area contributed by atoms with Gasteiger partial charge in [0, 0.05) is 28.6 Å². The Balaban J connectivity index is 2.57. The van der Waals surface area contributed by atoms with Crippen molar-refractivity contribution in [2.24, 2.45) is 0 Å². The van der Waals surface area contributed by atoms with E-state index in [1.807, 2.05) is 45.0 Å². The number of aryl methyl sites for hydroxylation is 1. The molecule has 0 spiro atoms. The third-order valence-electron chi connectivity index (χ3n) is 3.51.